The molecule has 1 aliphatic heterocycles. The van der Waals surface area contributed by atoms with Gasteiger partial charge in [0.15, 0.2) is 0 Å². The number of carbonyl (C=O) groups excluding carboxylic acids is 1. The summed E-state index contributed by atoms with van der Waals surface area (Å²) < 4.78 is 20.2. The highest BCUT2D eigenvalue weighted by atomic mass is 79.9. The fraction of sp³-hybridized carbons (Fsp3) is 0.632. The summed E-state index contributed by atoms with van der Waals surface area (Å²) in [6, 6.07) is 4.94. The van der Waals surface area contributed by atoms with E-state index in [4.69, 9.17) is 4.74 Å². The maximum absolute atomic E-state index is 13.9. The minimum absolute atomic E-state index is 0.0548. The predicted octanol–water partition coefficient (Wildman–Crippen LogP) is 4.89. The average Bonchev–Trinajstić information content (AvgIpc) is 2.97. The highest BCUT2D eigenvalue weighted by molar-refractivity contribution is 9.10. The summed E-state index contributed by atoms with van der Waals surface area (Å²) in [5.41, 5.74) is 0.205. The van der Waals surface area contributed by atoms with Gasteiger partial charge in [-0.3, -0.25) is 0 Å². The lowest BCUT2D eigenvalue weighted by Gasteiger charge is -2.24. The molecule has 6 heteroatoms. The first-order valence-corrected chi connectivity index (χ1v) is 9.61. The highest BCUT2D eigenvalue weighted by Crippen LogP contribution is 2.24. The highest BCUT2D eigenvalue weighted by Gasteiger charge is 2.29. The maximum Gasteiger partial charge on any atom is 0.410 e. The van der Waals surface area contributed by atoms with Crippen molar-refractivity contribution >= 4 is 22.0 Å². The molecule has 140 valence electrons. The fourth-order valence-corrected chi connectivity index (χ4v) is 3.40. The topological polar surface area (TPSA) is 41.6 Å². The van der Waals surface area contributed by atoms with E-state index in [1.54, 1.807) is 11.0 Å². The molecule has 0 aromatic heterocycles. The van der Waals surface area contributed by atoms with Gasteiger partial charge in [-0.2, -0.15) is 0 Å². The molecule has 2 rings (SSSR count). The molecule has 0 bridgehead atoms. The molecule has 1 aliphatic rings. The molecule has 1 amide bonds. The van der Waals surface area contributed by atoms with Crippen LogP contribution in [0.2, 0.25) is 0 Å². The first-order valence-electron chi connectivity index (χ1n) is 8.82. The number of hydrogen-bond acceptors (Lipinski definition) is 3. The quantitative estimate of drug-likeness (QED) is 0.745. The molecule has 0 radical (unpaired) electrons. The summed E-state index contributed by atoms with van der Waals surface area (Å²) in [5.74, 6) is 0.264. The van der Waals surface area contributed by atoms with Gasteiger partial charge in [0, 0.05) is 29.2 Å². The molecule has 0 aliphatic carbocycles. The number of nitrogens with one attached hydrogen (secondary N) is 1. The van der Waals surface area contributed by atoms with E-state index in [2.05, 4.69) is 21.2 Å². The second kappa shape index (κ2) is 8.49. The van der Waals surface area contributed by atoms with E-state index in [0.29, 0.717) is 11.5 Å². The Labute approximate surface area is 158 Å². The smallest absolute Gasteiger partial charge is 0.410 e. The van der Waals surface area contributed by atoms with Gasteiger partial charge in [0.2, 0.25) is 0 Å². The molecule has 25 heavy (non-hydrogen) atoms. The molecular formula is C19H28BrFN2O2. The van der Waals surface area contributed by atoms with Crippen LogP contribution in [0.5, 0.6) is 0 Å². The molecular weight excluding hydrogens is 387 g/mol. The Morgan fingerprint density at radius 3 is 2.88 bits per heavy atom. The van der Waals surface area contributed by atoms with Gasteiger partial charge in [0.05, 0.1) is 0 Å². The molecule has 0 spiro atoms. The van der Waals surface area contributed by atoms with Crippen molar-refractivity contribution in [2.75, 3.05) is 19.6 Å². The van der Waals surface area contributed by atoms with Crippen LogP contribution in [-0.2, 0) is 4.74 Å². The third-order valence-corrected chi connectivity index (χ3v) is 4.86. The normalized spacial score (nSPS) is 19.1. The standard InChI is InChI=1S/C19H28BrFN2O2/c1-13(16-11-15(20)5-6-17(16)21)22-9-7-14-8-10-23(12-14)18(24)25-19(2,3)4/h5-6,11,13-14,22H,7-10,12H2,1-4H3. The van der Waals surface area contributed by atoms with E-state index >= 15 is 0 Å². The maximum atomic E-state index is 13.9. The van der Waals surface area contributed by atoms with Crippen LogP contribution in [0.25, 0.3) is 0 Å². The number of ether oxygens (including phenoxy) is 1. The van der Waals surface area contributed by atoms with E-state index in [-0.39, 0.29) is 18.0 Å². The Hall–Kier alpha value is -1.14. The lowest BCUT2D eigenvalue weighted by atomic mass is 10.0. The minimum Gasteiger partial charge on any atom is -0.444 e. The van der Waals surface area contributed by atoms with Crippen molar-refractivity contribution in [2.45, 2.75) is 52.2 Å². The van der Waals surface area contributed by atoms with Crippen LogP contribution in [0.4, 0.5) is 9.18 Å². The van der Waals surface area contributed by atoms with Gasteiger partial charge >= 0.3 is 6.09 Å². The van der Waals surface area contributed by atoms with E-state index in [1.165, 1.54) is 6.07 Å². The molecule has 1 aromatic rings. The first-order chi connectivity index (χ1) is 11.7. The number of halogens is 2. The number of carbonyl (C=O) groups is 1. The van der Waals surface area contributed by atoms with Crippen molar-refractivity contribution in [1.82, 2.24) is 10.2 Å². The van der Waals surface area contributed by atoms with Crippen LogP contribution in [0.15, 0.2) is 22.7 Å². The molecule has 1 aromatic carbocycles. The predicted molar refractivity (Wildman–Crippen MR) is 101 cm³/mol. The molecule has 1 heterocycles. The van der Waals surface area contributed by atoms with Gasteiger partial charge in [-0.1, -0.05) is 15.9 Å². The van der Waals surface area contributed by atoms with Gasteiger partial charge in [-0.15, -0.1) is 0 Å². The van der Waals surface area contributed by atoms with Crippen molar-refractivity contribution in [3.05, 3.63) is 34.1 Å². The summed E-state index contributed by atoms with van der Waals surface area (Å²) in [6.45, 7) is 9.87. The van der Waals surface area contributed by atoms with Gasteiger partial charge in [-0.05, 0) is 71.2 Å². The van der Waals surface area contributed by atoms with Crippen LogP contribution in [0.1, 0.15) is 52.1 Å². The summed E-state index contributed by atoms with van der Waals surface area (Å²) in [6.07, 6.45) is 1.72. The van der Waals surface area contributed by atoms with E-state index in [1.807, 2.05) is 33.8 Å². The number of benzene rings is 1. The minimum atomic E-state index is -0.458. The van der Waals surface area contributed by atoms with Crippen molar-refractivity contribution in [3.63, 3.8) is 0 Å². The van der Waals surface area contributed by atoms with Gasteiger partial charge in [0.25, 0.3) is 0 Å². The van der Waals surface area contributed by atoms with E-state index in [9.17, 15) is 9.18 Å². The number of likely N-dealkylation sites (tertiary alicyclic amines) is 1. The monoisotopic (exact) mass is 414 g/mol. The molecule has 0 saturated carbocycles. The van der Waals surface area contributed by atoms with Crippen LogP contribution in [0.3, 0.4) is 0 Å². The van der Waals surface area contributed by atoms with Crippen LogP contribution in [-0.4, -0.2) is 36.2 Å². The number of rotatable bonds is 5. The van der Waals surface area contributed by atoms with Gasteiger partial charge in [-0.25, -0.2) is 9.18 Å². The number of hydrogen-bond donors (Lipinski definition) is 1. The largest absolute Gasteiger partial charge is 0.444 e. The zero-order valence-corrected chi connectivity index (χ0v) is 17.0. The molecule has 1 saturated heterocycles. The van der Waals surface area contributed by atoms with Crippen molar-refractivity contribution in [2.24, 2.45) is 5.92 Å². The second-order valence-electron chi connectivity index (χ2n) is 7.71. The average molecular weight is 415 g/mol. The molecule has 4 nitrogen and oxygen atoms in total. The van der Waals surface area contributed by atoms with Gasteiger partial charge in [0.1, 0.15) is 11.4 Å². The van der Waals surface area contributed by atoms with Crippen molar-refractivity contribution in [1.29, 1.82) is 0 Å². The Morgan fingerprint density at radius 2 is 2.20 bits per heavy atom. The van der Waals surface area contributed by atoms with E-state index in [0.717, 1.165) is 36.9 Å². The lowest BCUT2D eigenvalue weighted by Crippen LogP contribution is -2.35. The molecule has 1 N–H and O–H groups in total. The third-order valence-electron chi connectivity index (χ3n) is 4.37. The van der Waals surface area contributed by atoms with E-state index < -0.39 is 5.60 Å². The Kier molecular flexibility index (Phi) is 6.86. The third kappa shape index (κ3) is 6.26. The summed E-state index contributed by atoms with van der Waals surface area (Å²) in [7, 11) is 0. The Balaban J connectivity index is 1.75. The second-order valence-corrected chi connectivity index (χ2v) is 8.63. The molecule has 2 atom stereocenters. The zero-order valence-electron chi connectivity index (χ0n) is 15.4. The summed E-state index contributed by atoms with van der Waals surface area (Å²) in [4.78, 5) is 13.9. The van der Waals surface area contributed by atoms with Crippen LogP contribution >= 0.6 is 15.9 Å². The van der Waals surface area contributed by atoms with Crippen LogP contribution < -0.4 is 5.32 Å². The lowest BCUT2D eigenvalue weighted by molar-refractivity contribution is 0.0287. The first kappa shape index (κ1) is 20.2. The van der Waals surface area contributed by atoms with Gasteiger partial charge < -0.3 is 15.0 Å². The Morgan fingerprint density at radius 1 is 1.48 bits per heavy atom. The molecule has 2 unspecified atom stereocenters. The van der Waals surface area contributed by atoms with Crippen molar-refractivity contribution < 1.29 is 13.9 Å². The Bertz CT molecular complexity index is 604. The SMILES string of the molecule is CC(NCCC1CCN(C(=O)OC(C)(C)C)C1)c1cc(Br)ccc1F. The molecule has 1 fully saturated rings. The summed E-state index contributed by atoms with van der Waals surface area (Å²) >= 11 is 3.38. The number of amides is 1. The zero-order chi connectivity index (χ0) is 18.6. The number of nitrogens with zero attached hydrogens (tertiary/aromatic N) is 1. The van der Waals surface area contributed by atoms with Crippen LogP contribution in [0, 0.1) is 11.7 Å². The van der Waals surface area contributed by atoms with Crippen molar-refractivity contribution in [3.8, 4) is 0 Å². The fourth-order valence-electron chi connectivity index (χ4n) is 3.02. The summed E-state index contributed by atoms with van der Waals surface area (Å²) in [5, 5.41) is 3.38.